The highest BCUT2D eigenvalue weighted by atomic mass is 16.6. The second-order valence-electron chi connectivity index (χ2n) is 5.98. The average Bonchev–Trinajstić information content (AvgIpc) is 2.61. The van der Waals surface area contributed by atoms with E-state index in [9.17, 15) is 14.9 Å². The maximum absolute atomic E-state index is 11.8. The van der Waals surface area contributed by atoms with Crippen molar-refractivity contribution in [1.82, 2.24) is 0 Å². The lowest BCUT2D eigenvalue weighted by Gasteiger charge is -2.30. The van der Waals surface area contributed by atoms with Gasteiger partial charge in [0.25, 0.3) is 0 Å². The fourth-order valence-electron chi connectivity index (χ4n) is 2.69. The van der Waals surface area contributed by atoms with E-state index in [1.807, 2.05) is 60.7 Å². The fourth-order valence-corrected chi connectivity index (χ4v) is 2.69. The third kappa shape index (κ3) is 4.49. The molecule has 0 radical (unpaired) electrons. The second kappa shape index (κ2) is 8.36. The summed E-state index contributed by atoms with van der Waals surface area (Å²) in [6, 6.07) is 18.7. The molecule has 2 rings (SSSR count). The van der Waals surface area contributed by atoms with E-state index in [2.05, 4.69) is 0 Å². The number of benzene rings is 2. The van der Waals surface area contributed by atoms with Gasteiger partial charge in [-0.1, -0.05) is 60.7 Å². The van der Waals surface area contributed by atoms with Gasteiger partial charge in [0.2, 0.25) is 6.54 Å². The van der Waals surface area contributed by atoms with Crippen molar-refractivity contribution in [3.8, 4) is 0 Å². The Balaban J connectivity index is 2.14. The molecule has 5 nitrogen and oxygen atoms in total. The number of ether oxygens (including phenoxy) is 1. The van der Waals surface area contributed by atoms with Crippen molar-refractivity contribution in [2.75, 3.05) is 13.2 Å². The molecule has 0 amide bonds. The lowest BCUT2D eigenvalue weighted by molar-refractivity contribution is -0.490. The van der Waals surface area contributed by atoms with E-state index in [1.54, 1.807) is 6.92 Å². The molecule has 0 fully saturated rings. The van der Waals surface area contributed by atoms with Gasteiger partial charge in [-0.3, -0.25) is 10.1 Å². The summed E-state index contributed by atoms with van der Waals surface area (Å²) in [6.45, 7) is 1.91. The van der Waals surface area contributed by atoms with Gasteiger partial charge in [-0.25, -0.2) is 0 Å². The van der Waals surface area contributed by atoms with E-state index in [-0.39, 0.29) is 18.1 Å². The predicted molar refractivity (Wildman–Crippen MR) is 91.3 cm³/mol. The zero-order valence-corrected chi connectivity index (χ0v) is 13.6. The Morgan fingerprint density at radius 1 is 1.12 bits per heavy atom. The molecular weight excluding hydrogens is 306 g/mol. The van der Waals surface area contributed by atoms with Gasteiger partial charge in [-0.15, -0.1) is 0 Å². The van der Waals surface area contributed by atoms with Crippen LogP contribution in [0.4, 0.5) is 0 Å². The summed E-state index contributed by atoms with van der Waals surface area (Å²) < 4.78 is 5.69. The quantitative estimate of drug-likeness (QED) is 0.403. The lowest BCUT2D eigenvalue weighted by Crippen LogP contribution is -2.40. The van der Waals surface area contributed by atoms with E-state index >= 15 is 0 Å². The standard InChI is InChI=1S/C19H21NO4/c1-19(15-21,17-10-6-3-7-11-17)18(12-20(22)23)14-24-13-16-8-4-2-5-9-16/h2-11,15,18H,12-14H2,1H3/t18-,19-/m1/s1. The molecule has 0 aliphatic carbocycles. The Morgan fingerprint density at radius 3 is 2.25 bits per heavy atom. The highest BCUT2D eigenvalue weighted by molar-refractivity contribution is 5.68. The van der Waals surface area contributed by atoms with E-state index in [1.165, 1.54) is 0 Å². The topological polar surface area (TPSA) is 69.4 Å². The minimum atomic E-state index is -0.967. The molecule has 0 aromatic heterocycles. The van der Waals surface area contributed by atoms with E-state index in [0.717, 1.165) is 17.4 Å². The number of hydrogen-bond donors (Lipinski definition) is 0. The first kappa shape index (κ1) is 17.8. The Kier molecular flexibility index (Phi) is 6.21. The molecule has 0 saturated heterocycles. The van der Waals surface area contributed by atoms with Crippen LogP contribution in [-0.2, 0) is 21.6 Å². The summed E-state index contributed by atoms with van der Waals surface area (Å²) in [5.41, 5.74) is 0.783. The third-order valence-electron chi connectivity index (χ3n) is 4.29. The van der Waals surface area contributed by atoms with E-state index < -0.39 is 11.3 Å². The van der Waals surface area contributed by atoms with Crippen LogP contribution in [0.3, 0.4) is 0 Å². The molecule has 2 atom stereocenters. The van der Waals surface area contributed by atoms with Gasteiger partial charge < -0.3 is 9.53 Å². The van der Waals surface area contributed by atoms with Crippen LogP contribution in [0.1, 0.15) is 18.1 Å². The predicted octanol–water partition coefficient (Wildman–Crippen LogP) is 3.25. The van der Waals surface area contributed by atoms with Crippen LogP contribution in [0, 0.1) is 16.0 Å². The van der Waals surface area contributed by atoms with Crippen LogP contribution in [-0.4, -0.2) is 24.4 Å². The molecule has 0 saturated carbocycles. The van der Waals surface area contributed by atoms with Crippen molar-refractivity contribution >= 4 is 6.29 Å². The maximum atomic E-state index is 11.8. The summed E-state index contributed by atoms with van der Waals surface area (Å²) in [6.07, 6.45) is 0.794. The summed E-state index contributed by atoms with van der Waals surface area (Å²) in [5, 5.41) is 11.1. The van der Waals surface area contributed by atoms with E-state index in [4.69, 9.17) is 4.74 Å². The Hall–Kier alpha value is -2.53. The van der Waals surface area contributed by atoms with Gasteiger partial charge in [0.1, 0.15) is 6.29 Å². The molecule has 2 aromatic carbocycles. The zero-order chi connectivity index (χ0) is 17.4. The first-order valence-corrected chi connectivity index (χ1v) is 7.81. The third-order valence-corrected chi connectivity index (χ3v) is 4.29. The molecule has 0 bridgehead atoms. The first-order valence-electron chi connectivity index (χ1n) is 7.81. The molecule has 0 spiro atoms. The van der Waals surface area contributed by atoms with Gasteiger partial charge in [0.05, 0.1) is 24.5 Å². The minimum Gasteiger partial charge on any atom is -0.376 e. The minimum absolute atomic E-state index is 0.139. The summed E-state index contributed by atoms with van der Waals surface area (Å²) >= 11 is 0. The maximum Gasteiger partial charge on any atom is 0.210 e. The van der Waals surface area contributed by atoms with Crippen LogP contribution in [0.2, 0.25) is 0 Å². The summed E-state index contributed by atoms with van der Waals surface area (Å²) in [4.78, 5) is 22.5. The Bertz CT molecular complexity index is 660. The number of carbonyl (C=O) groups is 1. The number of hydrogen-bond acceptors (Lipinski definition) is 4. The van der Waals surface area contributed by atoms with Gasteiger partial charge >= 0.3 is 0 Å². The SMILES string of the molecule is C[C@@](C=O)(c1ccccc1)[C@@H](COCc1ccccc1)C[N+](=O)[O-]. The summed E-state index contributed by atoms with van der Waals surface area (Å²) in [7, 11) is 0. The molecule has 0 aliphatic rings. The molecule has 0 N–H and O–H groups in total. The van der Waals surface area contributed by atoms with Crippen molar-refractivity contribution in [2.24, 2.45) is 5.92 Å². The van der Waals surface area contributed by atoms with Crippen molar-refractivity contribution in [1.29, 1.82) is 0 Å². The smallest absolute Gasteiger partial charge is 0.210 e. The van der Waals surface area contributed by atoms with Gasteiger partial charge in [0.15, 0.2) is 0 Å². The fraction of sp³-hybridized carbons (Fsp3) is 0.316. The van der Waals surface area contributed by atoms with Gasteiger partial charge in [-0.05, 0) is 18.1 Å². The number of rotatable bonds is 9. The average molecular weight is 327 g/mol. The van der Waals surface area contributed by atoms with Crippen LogP contribution in [0.25, 0.3) is 0 Å². The van der Waals surface area contributed by atoms with Crippen LogP contribution in [0.5, 0.6) is 0 Å². The van der Waals surface area contributed by atoms with Crippen molar-refractivity contribution in [2.45, 2.75) is 18.9 Å². The highest BCUT2D eigenvalue weighted by Gasteiger charge is 2.39. The van der Waals surface area contributed by atoms with Gasteiger partial charge in [-0.2, -0.15) is 0 Å². The number of aldehydes is 1. The lowest BCUT2D eigenvalue weighted by atomic mass is 9.73. The van der Waals surface area contributed by atoms with Gasteiger partial charge in [0, 0.05) is 4.92 Å². The van der Waals surface area contributed by atoms with Crippen LogP contribution < -0.4 is 0 Å². The Morgan fingerprint density at radius 2 is 1.71 bits per heavy atom. The molecule has 0 aliphatic heterocycles. The van der Waals surface area contributed by atoms with Crippen molar-refractivity contribution in [3.05, 3.63) is 81.9 Å². The molecule has 24 heavy (non-hydrogen) atoms. The number of nitrogens with zero attached hydrogens (tertiary/aromatic N) is 1. The monoisotopic (exact) mass is 327 g/mol. The molecular formula is C19H21NO4. The van der Waals surface area contributed by atoms with Crippen LogP contribution >= 0.6 is 0 Å². The number of carbonyl (C=O) groups excluding carboxylic acids is 1. The van der Waals surface area contributed by atoms with Crippen molar-refractivity contribution < 1.29 is 14.5 Å². The second-order valence-corrected chi connectivity index (χ2v) is 5.98. The molecule has 0 heterocycles. The normalized spacial score (nSPS) is 14.5. The molecule has 0 unspecified atom stereocenters. The summed E-state index contributed by atoms with van der Waals surface area (Å²) in [5.74, 6) is -0.545. The largest absolute Gasteiger partial charge is 0.376 e. The molecule has 126 valence electrons. The highest BCUT2D eigenvalue weighted by Crippen LogP contribution is 2.31. The zero-order valence-electron chi connectivity index (χ0n) is 13.6. The molecule has 2 aromatic rings. The van der Waals surface area contributed by atoms with Crippen LogP contribution in [0.15, 0.2) is 60.7 Å². The first-order chi connectivity index (χ1) is 11.6. The number of nitro groups is 1. The van der Waals surface area contributed by atoms with Crippen molar-refractivity contribution in [3.63, 3.8) is 0 Å². The van der Waals surface area contributed by atoms with E-state index in [0.29, 0.717) is 6.61 Å². The Labute approximate surface area is 141 Å². The molecule has 5 heteroatoms.